The predicted molar refractivity (Wildman–Crippen MR) is 67.8 cm³/mol. The number of fused-ring (bicyclic) bond motifs is 1. The lowest BCUT2D eigenvalue weighted by Gasteiger charge is -2.13. The SMILES string of the molecule is C[C@H](Cn1nnc2nc(N)[nH]c(=O)c21)OCP(=O)(O)O. The number of nitrogen functional groups attached to an aromatic ring is 1. The molecule has 0 radical (unpaired) electrons. The van der Waals surface area contributed by atoms with Gasteiger partial charge in [-0.1, -0.05) is 5.21 Å². The molecule has 0 spiro atoms. The molecule has 2 rings (SSSR count). The maximum absolute atomic E-state index is 11.7. The molecule has 2 aromatic rings. The number of nitrogens with two attached hydrogens (primary N) is 1. The lowest BCUT2D eigenvalue weighted by atomic mass is 10.4. The van der Waals surface area contributed by atoms with Crippen molar-refractivity contribution >= 4 is 24.7 Å². The number of hydrogen-bond donors (Lipinski definition) is 4. The predicted octanol–water partition coefficient (Wildman–Crippen LogP) is -1.36. The Bertz CT molecular complexity index is 720. The molecule has 2 aromatic heterocycles. The Morgan fingerprint density at radius 1 is 1.55 bits per heavy atom. The molecule has 0 saturated heterocycles. The van der Waals surface area contributed by atoms with E-state index in [1.54, 1.807) is 6.92 Å². The minimum Gasteiger partial charge on any atom is -0.369 e. The number of nitrogens with one attached hydrogen (secondary N) is 1. The van der Waals surface area contributed by atoms with Crippen LogP contribution in [0.15, 0.2) is 4.79 Å². The summed E-state index contributed by atoms with van der Waals surface area (Å²) >= 11 is 0. The van der Waals surface area contributed by atoms with Crippen molar-refractivity contribution in [3.63, 3.8) is 0 Å². The van der Waals surface area contributed by atoms with Gasteiger partial charge in [0.2, 0.25) is 11.6 Å². The molecule has 11 nitrogen and oxygen atoms in total. The summed E-state index contributed by atoms with van der Waals surface area (Å²) in [5, 5.41) is 7.43. The van der Waals surface area contributed by atoms with Crippen molar-refractivity contribution in [2.24, 2.45) is 0 Å². The van der Waals surface area contributed by atoms with Crippen molar-refractivity contribution in [1.82, 2.24) is 25.0 Å². The fraction of sp³-hybridized carbons (Fsp3) is 0.500. The summed E-state index contributed by atoms with van der Waals surface area (Å²) in [4.78, 5) is 35.3. The van der Waals surface area contributed by atoms with Gasteiger partial charge in [-0.2, -0.15) is 4.98 Å². The van der Waals surface area contributed by atoms with E-state index in [2.05, 4.69) is 20.3 Å². The van der Waals surface area contributed by atoms with Gasteiger partial charge in [0.1, 0.15) is 6.35 Å². The first-order chi connectivity index (χ1) is 9.26. The van der Waals surface area contributed by atoms with Gasteiger partial charge in [0.15, 0.2) is 5.52 Å². The fourth-order valence-corrected chi connectivity index (χ4v) is 2.01. The lowest BCUT2D eigenvalue weighted by Crippen LogP contribution is -2.21. The van der Waals surface area contributed by atoms with E-state index in [9.17, 15) is 9.36 Å². The van der Waals surface area contributed by atoms with Crippen LogP contribution in [-0.2, 0) is 15.8 Å². The normalized spacial score (nSPS) is 13.8. The van der Waals surface area contributed by atoms with Gasteiger partial charge in [-0.15, -0.1) is 5.10 Å². The summed E-state index contributed by atoms with van der Waals surface area (Å²) in [5.74, 6) is -0.0691. The molecule has 0 unspecified atom stereocenters. The van der Waals surface area contributed by atoms with E-state index >= 15 is 0 Å². The number of H-pyrrole nitrogens is 1. The molecule has 12 heteroatoms. The van der Waals surface area contributed by atoms with E-state index in [1.807, 2.05) is 0 Å². The molecule has 2 heterocycles. The van der Waals surface area contributed by atoms with Gasteiger partial charge >= 0.3 is 7.60 Å². The summed E-state index contributed by atoms with van der Waals surface area (Å²) in [6.07, 6.45) is -1.29. The Labute approximate surface area is 111 Å². The zero-order chi connectivity index (χ0) is 14.9. The van der Waals surface area contributed by atoms with Crippen LogP contribution in [0.5, 0.6) is 0 Å². The molecule has 0 aliphatic rings. The average Bonchev–Trinajstić information content (AvgIpc) is 2.68. The van der Waals surface area contributed by atoms with Crippen molar-refractivity contribution in [3.8, 4) is 0 Å². The minimum absolute atomic E-state index is 0.0691. The molecule has 0 fully saturated rings. The minimum atomic E-state index is -4.24. The summed E-state index contributed by atoms with van der Waals surface area (Å²) in [6, 6.07) is 0. The summed E-state index contributed by atoms with van der Waals surface area (Å²) in [6.45, 7) is 1.67. The molecule has 0 saturated carbocycles. The second-order valence-corrected chi connectivity index (χ2v) is 5.75. The highest BCUT2D eigenvalue weighted by Crippen LogP contribution is 2.34. The zero-order valence-corrected chi connectivity index (χ0v) is 11.3. The number of rotatable bonds is 5. The Morgan fingerprint density at radius 3 is 2.90 bits per heavy atom. The number of aromatic amines is 1. The largest absolute Gasteiger partial charge is 0.369 e. The van der Waals surface area contributed by atoms with Crippen LogP contribution < -0.4 is 11.3 Å². The van der Waals surface area contributed by atoms with Gasteiger partial charge in [-0.3, -0.25) is 14.3 Å². The first-order valence-corrected chi connectivity index (χ1v) is 7.31. The summed E-state index contributed by atoms with van der Waals surface area (Å²) in [5.41, 5.74) is 5.08. The fourth-order valence-electron chi connectivity index (χ4n) is 1.56. The zero-order valence-electron chi connectivity index (χ0n) is 10.4. The Balaban J connectivity index is 2.18. The van der Waals surface area contributed by atoms with Crippen molar-refractivity contribution in [2.45, 2.75) is 19.6 Å². The van der Waals surface area contributed by atoms with Crippen molar-refractivity contribution in [3.05, 3.63) is 10.4 Å². The second kappa shape index (κ2) is 5.29. The van der Waals surface area contributed by atoms with Crippen LogP contribution in [0, 0.1) is 0 Å². The highest BCUT2D eigenvalue weighted by Gasteiger charge is 2.18. The summed E-state index contributed by atoms with van der Waals surface area (Å²) < 4.78 is 16.9. The second-order valence-electron chi connectivity index (χ2n) is 4.17. The molecule has 5 N–H and O–H groups in total. The van der Waals surface area contributed by atoms with Gasteiger partial charge < -0.3 is 20.3 Å². The number of nitrogens with zero attached hydrogens (tertiary/aromatic N) is 4. The lowest BCUT2D eigenvalue weighted by molar-refractivity contribution is 0.0735. The molecule has 0 aliphatic carbocycles. The quantitative estimate of drug-likeness (QED) is 0.487. The van der Waals surface area contributed by atoms with Crippen LogP contribution in [0.2, 0.25) is 0 Å². The number of hydrogen-bond acceptors (Lipinski definition) is 7. The first-order valence-electron chi connectivity index (χ1n) is 5.51. The highest BCUT2D eigenvalue weighted by molar-refractivity contribution is 7.51. The van der Waals surface area contributed by atoms with E-state index in [0.717, 1.165) is 0 Å². The van der Waals surface area contributed by atoms with Crippen LogP contribution >= 0.6 is 7.60 Å². The molecule has 0 amide bonds. The highest BCUT2D eigenvalue weighted by atomic mass is 31.2. The molecular weight excluding hydrogens is 291 g/mol. The molecule has 20 heavy (non-hydrogen) atoms. The number of aromatic nitrogens is 5. The van der Waals surface area contributed by atoms with E-state index in [1.165, 1.54) is 4.68 Å². The van der Waals surface area contributed by atoms with Gasteiger partial charge in [0, 0.05) is 0 Å². The van der Waals surface area contributed by atoms with E-state index in [-0.39, 0.29) is 23.7 Å². The van der Waals surface area contributed by atoms with Crippen molar-refractivity contribution in [1.29, 1.82) is 0 Å². The number of anilines is 1. The summed E-state index contributed by atoms with van der Waals surface area (Å²) in [7, 11) is -4.24. The maximum atomic E-state index is 11.7. The number of ether oxygens (including phenoxy) is 1. The van der Waals surface area contributed by atoms with Crippen LogP contribution in [0.4, 0.5) is 5.95 Å². The van der Waals surface area contributed by atoms with Crippen molar-refractivity contribution < 1.29 is 19.1 Å². The Morgan fingerprint density at radius 2 is 2.25 bits per heavy atom. The van der Waals surface area contributed by atoms with Crippen LogP contribution in [-0.4, -0.2) is 47.2 Å². The maximum Gasteiger partial charge on any atom is 0.350 e. The molecule has 0 aromatic carbocycles. The van der Waals surface area contributed by atoms with Gasteiger partial charge in [0.05, 0.1) is 12.6 Å². The van der Waals surface area contributed by atoms with Gasteiger partial charge in [0.25, 0.3) is 5.56 Å². The smallest absolute Gasteiger partial charge is 0.350 e. The molecule has 1 atom stereocenters. The van der Waals surface area contributed by atoms with Gasteiger partial charge in [-0.25, -0.2) is 4.68 Å². The van der Waals surface area contributed by atoms with Crippen LogP contribution in [0.1, 0.15) is 6.92 Å². The molecular formula is C8H13N6O5P. The monoisotopic (exact) mass is 304 g/mol. The third-order valence-corrected chi connectivity index (χ3v) is 2.84. The van der Waals surface area contributed by atoms with Crippen molar-refractivity contribution in [2.75, 3.05) is 12.1 Å². The molecule has 0 bridgehead atoms. The topological polar surface area (TPSA) is 169 Å². The Hall–Kier alpha value is -1.81. The molecule has 0 aliphatic heterocycles. The standard InChI is InChI=1S/C8H13N6O5P/c1-4(19-3-20(16,17)18)2-14-5-6(12-13-14)10-8(9)11-7(5)15/h4H,2-3H2,1H3,(H2,16,17,18)(H3,9,10,11,15)/t4-/m1/s1. The molecule has 110 valence electrons. The first kappa shape index (κ1) is 14.6. The van der Waals surface area contributed by atoms with Crippen LogP contribution in [0.3, 0.4) is 0 Å². The average molecular weight is 304 g/mol. The van der Waals surface area contributed by atoms with E-state index in [0.29, 0.717) is 0 Å². The van der Waals surface area contributed by atoms with E-state index < -0.39 is 25.6 Å². The third-order valence-electron chi connectivity index (χ3n) is 2.36. The van der Waals surface area contributed by atoms with E-state index in [4.69, 9.17) is 20.3 Å². The van der Waals surface area contributed by atoms with Gasteiger partial charge in [-0.05, 0) is 6.92 Å². The Kier molecular flexibility index (Phi) is 3.86. The third kappa shape index (κ3) is 3.39. The van der Waals surface area contributed by atoms with Crippen LogP contribution in [0.25, 0.3) is 11.2 Å².